The topological polar surface area (TPSA) is 133 Å². The van der Waals surface area contributed by atoms with Crippen LogP contribution in [0.3, 0.4) is 0 Å². The Hall–Kier alpha value is -3.42. The highest BCUT2D eigenvalue weighted by Gasteiger charge is 2.11. The van der Waals surface area contributed by atoms with Gasteiger partial charge < -0.3 is 20.8 Å². The number of benzene rings is 2. The molecule has 0 aliphatic heterocycles. The Labute approximate surface area is 148 Å². The molecule has 0 radical (unpaired) electrons. The Balaban J connectivity index is 2.19. The Morgan fingerprint density at radius 1 is 0.654 bits per heavy atom. The van der Waals surface area contributed by atoms with Gasteiger partial charge in [0.25, 0.3) is 0 Å². The normalized spacial score (nSPS) is 10.3. The van der Waals surface area contributed by atoms with Gasteiger partial charge in [0.15, 0.2) is 0 Å². The number of carbonyl (C=O) groups is 4. The molecule has 0 unspecified atom stereocenters. The Kier molecular flexibility index (Phi) is 6.26. The van der Waals surface area contributed by atoms with Crippen molar-refractivity contribution < 1.29 is 29.4 Å². The lowest BCUT2D eigenvalue weighted by Crippen LogP contribution is -2.14. The molecule has 4 N–H and O–H groups in total. The van der Waals surface area contributed by atoms with E-state index >= 15 is 0 Å². The number of carboxylic acid groups (broad SMARTS) is 2. The molecule has 0 aromatic heterocycles. The molecule has 0 spiro atoms. The molecule has 2 aromatic carbocycles. The Bertz CT molecular complexity index is 791. The summed E-state index contributed by atoms with van der Waals surface area (Å²) in [6.45, 7) is 0. The number of aliphatic carboxylic acids is 2. The molecule has 0 aliphatic carbocycles. The predicted octanol–water partition coefficient (Wildman–Crippen LogP) is 2.45. The van der Waals surface area contributed by atoms with Crippen molar-refractivity contribution in [2.24, 2.45) is 0 Å². The van der Waals surface area contributed by atoms with Crippen molar-refractivity contribution in [1.82, 2.24) is 0 Å². The molecule has 0 bridgehead atoms. The summed E-state index contributed by atoms with van der Waals surface area (Å²) in [5.74, 6) is -2.94. The number of amides is 2. The molecule has 0 saturated heterocycles. The van der Waals surface area contributed by atoms with Crippen molar-refractivity contribution in [3.05, 3.63) is 36.4 Å². The van der Waals surface area contributed by atoms with Crippen LogP contribution in [-0.4, -0.2) is 34.0 Å². The van der Waals surface area contributed by atoms with Gasteiger partial charge in [0.2, 0.25) is 11.8 Å². The highest BCUT2D eigenvalue weighted by atomic mass is 16.4. The third kappa shape index (κ3) is 5.30. The van der Waals surface area contributed by atoms with Crippen molar-refractivity contribution in [3.8, 4) is 0 Å². The zero-order chi connectivity index (χ0) is 19.1. The summed E-state index contributed by atoms with van der Waals surface area (Å²) in [7, 11) is 0. The van der Waals surface area contributed by atoms with E-state index < -0.39 is 23.8 Å². The number of nitrogens with one attached hydrogen (secondary N) is 2. The molecule has 8 heteroatoms. The van der Waals surface area contributed by atoms with Gasteiger partial charge in [0, 0.05) is 35.0 Å². The second-order valence-electron chi connectivity index (χ2n) is 5.59. The van der Waals surface area contributed by atoms with Crippen molar-refractivity contribution in [3.63, 3.8) is 0 Å². The van der Waals surface area contributed by atoms with Gasteiger partial charge in [0.05, 0.1) is 12.8 Å². The monoisotopic (exact) mass is 358 g/mol. The predicted molar refractivity (Wildman–Crippen MR) is 94.9 cm³/mol. The van der Waals surface area contributed by atoms with E-state index in [1.54, 1.807) is 36.4 Å². The lowest BCUT2D eigenvalue weighted by atomic mass is 10.1. The summed E-state index contributed by atoms with van der Waals surface area (Å²) in [6.07, 6.45) is -0.808. The Morgan fingerprint density at radius 2 is 1.04 bits per heavy atom. The van der Waals surface area contributed by atoms with Crippen molar-refractivity contribution in [2.45, 2.75) is 25.7 Å². The van der Waals surface area contributed by atoms with E-state index in [0.29, 0.717) is 22.1 Å². The van der Waals surface area contributed by atoms with Crippen LogP contribution in [0.5, 0.6) is 0 Å². The fourth-order valence-corrected chi connectivity index (χ4v) is 2.39. The Morgan fingerprint density at radius 3 is 1.38 bits per heavy atom. The van der Waals surface area contributed by atoms with E-state index in [1.807, 2.05) is 0 Å². The summed E-state index contributed by atoms with van der Waals surface area (Å²) < 4.78 is 0. The fourth-order valence-electron chi connectivity index (χ4n) is 2.39. The smallest absolute Gasteiger partial charge is 0.303 e. The summed E-state index contributed by atoms with van der Waals surface area (Å²) in [5, 5.41) is 24.0. The van der Waals surface area contributed by atoms with E-state index in [2.05, 4.69) is 10.6 Å². The van der Waals surface area contributed by atoms with Crippen LogP contribution in [0.25, 0.3) is 10.8 Å². The van der Waals surface area contributed by atoms with Gasteiger partial charge in [-0.05, 0) is 12.1 Å². The highest BCUT2D eigenvalue weighted by molar-refractivity contribution is 6.09. The lowest BCUT2D eigenvalue weighted by Gasteiger charge is -2.12. The number of hydrogen-bond donors (Lipinski definition) is 4. The molecular weight excluding hydrogens is 340 g/mol. The van der Waals surface area contributed by atoms with Gasteiger partial charge in [0.1, 0.15) is 0 Å². The average molecular weight is 358 g/mol. The molecule has 0 aliphatic rings. The molecule has 26 heavy (non-hydrogen) atoms. The van der Waals surface area contributed by atoms with Gasteiger partial charge in [-0.15, -0.1) is 0 Å². The van der Waals surface area contributed by atoms with Crippen molar-refractivity contribution in [1.29, 1.82) is 0 Å². The van der Waals surface area contributed by atoms with Crippen LogP contribution in [0, 0.1) is 0 Å². The van der Waals surface area contributed by atoms with E-state index in [-0.39, 0.29) is 25.7 Å². The summed E-state index contributed by atoms with van der Waals surface area (Å²) in [5.41, 5.74) is 0.999. The molecular formula is C18H18N2O6. The van der Waals surface area contributed by atoms with Crippen molar-refractivity contribution in [2.75, 3.05) is 10.6 Å². The molecule has 0 heterocycles. The van der Waals surface area contributed by atoms with Crippen LogP contribution in [-0.2, 0) is 19.2 Å². The zero-order valence-electron chi connectivity index (χ0n) is 13.8. The van der Waals surface area contributed by atoms with E-state index in [4.69, 9.17) is 10.2 Å². The van der Waals surface area contributed by atoms with Crippen LogP contribution >= 0.6 is 0 Å². The first-order valence-corrected chi connectivity index (χ1v) is 7.92. The maximum atomic E-state index is 11.9. The number of carbonyl (C=O) groups excluding carboxylic acids is 2. The van der Waals surface area contributed by atoms with Gasteiger partial charge in [-0.25, -0.2) is 0 Å². The molecule has 2 amide bonds. The molecule has 136 valence electrons. The maximum absolute atomic E-state index is 11.9. The maximum Gasteiger partial charge on any atom is 0.303 e. The quantitative estimate of drug-likeness (QED) is 0.573. The number of hydrogen-bond acceptors (Lipinski definition) is 4. The minimum atomic E-state index is -1.05. The van der Waals surface area contributed by atoms with E-state index in [1.165, 1.54) is 0 Å². The molecule has 0 atom stereocenters. The molecule has 8 nitrogen and oxygen atoms in total. The summed E-state index contributed by atoms with van der Waals surface area (Å²) in [6, 6.07) is 10.3. The first-order chi connectivity index (χ1) is 12.4. The standard InChI is InChI=1S/C18H18N2O6/c21-15(7-9-17(23)24)19-13-5-1-3-11-12(13)4-2-6-14(11)20-16(22)8-10-18(25)26/h1-6H,7-10H2,(H,19,21)(H,20,22)(H,23,24)(H,25,26). The van der Waals surface area contributed by atoms with Crippen LogP contribution in [0.15, 0.2) is 36.4 Å². The van der Waals surface area contributed by atoms with Crippen LogP contribution in [0.1, 0.15) is 25.7 Å². The lowest BCUT2D eigenvalue weighted by molar-refractivity contribution is -0.138. The average Bonchev–Trinajstić information content (AvgIpc) is 2.59. The number of rotatable bonds is 8. The molecule has 2 aromatic rings. The van der Waals surface area contributed by atoms with Crippen LogP contribution in [0.4, 0.5) is 11.4 Å². The van der Waals surface area contributed by atoms with Gasteiger partial charge in [-0.2, -0.15) is 0 Å². The van der Waals surface area contributed by atoms with Gasteiger partial charge in [-0.3, -0.25) is 19.2 Å². The summed E-state index contributed by atoms with van der Waals surface area (Å²) >= 11 is 0. The van der Waals surface area contributed by atoms with Gasteiger partial charge >= 0.3 is 11.9 Å². The third-order valence-corrected chi connectivity index (χ3v) is 3.60. The van der Waals surface area contributed by atoms with Crippen molar-refractivity contribution >= 4 is 45.9 Å². The van der Waals surface area contributed by atoms with Crippen LogP contribution in [0.2, 0.25) is 0 Å². The first kappa shape index (κ1) is 18.9. The largest absolute Gasteiger partial charge is 0.481 e. The van der Waals surface area contributed by atoms with Gasteiger partial charge in [-0.1, -0.05) is 24.3 Å². The highest BCUT2D eigenvalue weighted by Crippen LogP contribution is 2.29. The number of carboxylic acids is 2. The zero-order valence-corrected chi connectivity index (χ0v) is 13.8. The third-order valence-electron chi connectivity index (χ3n) is 3.60. The number of fused-ring (bicyclic) bond motifs is 1. The first-order valence-electron chi connectivity index (χ1n) is 7.92. The second-order valence-corrected chi connectivity index (χ2v) is 5.59. The minimum Gasteiger partial charge on any atom is -0.481 e. The minimum absolute atomic E-state index is 0.142. The summed E-state index contributed by atoms with van der Waals surface area (Å²) in [4.78, 5) is 44.9. The molecule has 2 rings (SSSR count). The second kappa shape index (κ2) is 8.61. The van der Waals surface area contributed by atoms with Crippen LogP contribution < -0.4 is 10.6 Å². The fraction of sp³-hybridized carbons (Fsp3) is 0.222. The van der Waals surface area contributed by atoms with E-state index in [9.17, 15) is 19.2 Å². The molecule has 0 fully saturated rings. The number of anilines is 2. The SMILES string of the molecule is O=C(O)CCC(=O)Nc1cccc2c(NC(=O)CCC(=O)O)cccc12. The van der Waals surface area contributed by atoms with E-state index in [0.717, 1.165) is 0 Å². The molecule has 0 saturated carbocycles.